The molecule has 0 aliphatic rings. The third-order valence-corrected chi connectivity index (χ3v) is 4.07. The van der Waals surface area contributed by atoms with Gasteiger partial charge in [0.15, 0.2) is 0 Å². The molecular formula is C13H12N4O3S. The van der Waals surface area contributed by atoms with Crippen molar-refractivity contribution in [3.63, 3.8) is 0 Å². The Labute approximate surface area is 123 Å². The van der Waals surface area contributed by atoms with E-state index in [1.807, 2.05) is 0 Å². The average Bonchev–Trinajstić information content (AvgIpc) is 2.47. The number of sulfonamides is 1. The summed E-state index contributed by atoms with van der Waals surface area (Å²) >= 11 is 0. The number of rotatable bonds is 5. The van der Waals surface area contributed by atoms with E-state index in [1.54, 1.807) is 12.1 Å². The van der Waals surface area contributed by atoms with Crippen LogP contribution in [0.1, 0.15) is 12.0 Å². The maximum absolute atomic E-state index is 12.3. The first kappa shape index (κ1) is 16.6. The summed E-state index contributed by atoms with van der Waals surface area (Å²) in [5.74, 6) is 5.33. The molecule has 0 bridgehead atoms. The van der Waals surface area contributed by atoms with E-state index in [-0.39, 0.29) is 17.9 Å². The fourth-order valence-electron chi connectivity index (χ4n) is 1.38. The Kier molecular flexibility index (Phi) is 6.32. The third-order valence-electron chi connectivity index (χ3n) is 2.31. The van der Waals surface area contributed by atoms with Crippen LogP contribution in [0.15, 0.2) is 23.4 Å². The van der Waals surface area contributed by atoms with Crippen LogP contribution < -0.4 is 0 Å². The normalized spacial score (nSPS) is 10.3. The Balaban J connectivity index is 3.15. The summed E-state index contributed by atoms with van der Waals surface area (Å²) in [5.41, 5.74) is 0.374. The second-order valence-electron chi connectivity index (χ2n) is 3.77. The zero-order valence-corrected chi connectivity index (χ0v) is 11.8. The number of aromatic nitrogens is 1. The Morgan fingerprint density at radius 1 is 1.24 bits per heavy atom. The highest BCUT2D eigenvalue weighted by Gasteiger charge is 2.24. The second-order valence-corrected chi connectivity index (χ2v) is 5.71. The molecule has 0 aliphatic heterocycles. The predicted octanol–water partition coefficient (Wildman–Crippen LogP) is -0.147. The monoisotopic (exact) mass is 304 g/mol. The van der Waals surface area contributed by atoms with E-state index in [2.05, 4.69) is 16.8 Å². The lowest BCUT2D eigenvalue weighted by atomic mass is 10.3. The molecular weight excluding hydrogens is 292 g/mol. The third kappa shape index (κ3) is 4.55. The van der Waals surface area contributed by atoms with Crippen molar-refractivity contribution in [2.24, 2.45) is 0 Å². The van der Waals surface area contributed by atoms with Crippen LogP contribution in [0.5, 0.6) is 0 Å². The van der Waals surface area contributed by atoms with Gasteiger partial charge in [0.05, 0.1) is 18.7 Å². The Morgan fingerprint density at radius 2 is 1.90 bits per heavy atom. The van der Waals surface area contributed by atoms with Gasteiger partial charge in [-0.05, 0) is 6.07 Å². The summed E-state index contributed by atoms with van der Waals surface area (Å²) in [5, 5.41) is 25.9. The standard InChI is InChI=1S/C13H12N4O3S/c14-4-6-17(7-5-15)21(19,20)13-9-12(10-16-11-13)3-1-2-8-18/h9-11,18H,2,6-8H2. The number of nitrogens with zero attached hydrogens (tertiary/aromatic N) is 4. The molecule has 1 aromatic heterocycles. The van der Waals surface area contributed by atoms with E-state index < -0.39 is 23.1 Å². The van der Waals surface area contributed by atoms with Crippen LogP contribution in [0.25, 0.3) is 0 Å². The number of hydrogen-bond donors (Lipinski definition) is 1. The van der Waals surface area contributed by atoms with E-state index in [1.165, 1.54) is 12.3 Å². The van der Waals surface area contributed by atoms with Crippen LogP contribution in [0.3, 0.4) is 0 Å². The van der Waals surface area contributed by atoms with Gasteiger partial charge in [-0.1, -0.05) is 11.8 Å². The van der Waals surface area contributed by atoms with Crippen molar-refractivity contribution >= 4 is 10.0 Å². The van der Waals surface area contributed by atoms with E-state index in [4.69, 9.17) is 15.6 Å². The molecule has 1 heterocycles. The smallest absolute Gasteiger partial charge is 0.246 e. The zero-order valence-electron chi connectivity index (χ0n) is 11.0. The second kappa shape index (κ2) is 7.98. The Morgan fingerprint density at radius 3 is 2.48 bits per heavy atom. The molecule has 0 saturated heterocycles. The number of aliphatic hydroxyl groups excluding tert-OH is 1. The van der Waals surface area contributed by atoms with E-state index in [9.17, 15) is 8.42 Å². The maximum Gasteiger partial charge on any atom is 0.246 e. The van der Waals surface area contributed by atoms with Crippen molar-refractivity contribution in [2.75, 3.05) is 19.7 Å². The number of hydrogen-bond acceptors (Lipinski definition) is 6. The highest BCUT2D eigenvalue weighted by atomic mass is 32.2. The molecule has 21 heavy (non-hydrogen) atoms. The molecule has 0 radical (unpaired) electrons. The summed E-state index contributed by atoms with van der Waals surface area (Å²) in [6.45, 7) is -0.927. The van der Waals surface area contributed by atoms with Crippen LogP contribution in [0, 0.1) is 34.5 Å². The number of nitriles is 2. The quantitative estimate of drug-likeness (QED) is 0.597. The van der Waals surface area contributed by atoms with E-state index in [0.29, 0.717) is 5.56 Å². The minimum atomic E-state index is -3.97. The molecule has 0 aromatic carbocycles. The highest BCUT2D eigenvalue weighted by molar-refractivity contribution is 7.89. The highest BCUT2D eigenvalue weighted by Crippen LogP contribution is 2.15. The lowest BCUT2D eigenvalue weighted by Gasteiger charge is -2.15. The molecule has 8 heteroatoms. The summed E-state index contributed by atoms with van der Waals surface area (Å²) < 4.78 is 25.3. The number of aliphatic hydroxyl groups is 1. The van der Waals surface area contributed by atoms with Crippen LogP contribution in [-0.2, 0) is 10.0 Å². The van der Waals surface area contributed by atoms with Crippen molar-refractivity contribution in [3.8, 4) is 24.0 Å². The minimum Gasteiger partial charge on any atom is -0.395 e. The predicted molar refractivity (Wildman–Crippen MR) is 72.8 cm³/mol. The largest absolute Gasteiger partial charge is 0.395 e. The van der Waals surface area contributed by atoms with Gasteiger partial charge in [-0.2, -0.15) is 14.8 Å². The first-order chi connectivity index (χ1) is 10.1. The van der Waals surface area contributed by atoms with Gasteiger partial charge in [0.2, 0.25) is 10.0 Å². The Hall–Kier alpha value is -2.44. The maximum atomic E-state index is 12.3. The fraction of sp³-hybridized carbons (Fsp3) is 0.308. The summed E-state index contributed by atoms with van der Waals surface area (Å²) in [7, 11) is -3.97. The summed E-state index contributed by atoms with van der Waals surface area (Å²) in [6.07, 6.45) is 2.79. The zero-order chi connectivity index (χ0) is 15.7. The minimum absolute atomic E-state index is 0.0868. The topological polar surface area (TPSA) is 118 Å². The molecule has 0 amide bonds. The van der Waals surface area contributed by atoms with Crippen LogP contribution in [0.2, 0.25) is 0 Å². The van der Waals surface area contributed by atoms with Gasteiger partial charge in [-0.25, -0.2) is 8.42 Å². The van der Waals surface area contributed by atoms with Crippen LogP contribution in [0.4, 0.5) is 0 Å². The number of pyridine rings is 1. The van der Waals surface area contributed by atoms with Gasteiger partial charge in [-0.3, -0.25) is 4.98 Å². The van der Waals surface area contributed by atoms with Crippen LogP contribution in [-0.4, -0.2) is 42.5 Å². The van der Waals surface area contributed by atoms with Gasteiger partial charge in [0.1, 0.15) is 18.0 Å². The molecule has 1 N–H and O–H groups in total. The van der Waals surface area contributed by atoms with Crippen molar-refractivity contribution in [1.29, 1.82) is 10.5 Å². The molecule has 0 spiro atoms. The molecule has 0 fully saturated rings. The Bertz CT molecular complexity index is 719. The SMILES string of the molecule is N#CCN(CC#N)S(=O)(=O)c1cncc(C#CCCO)c1. The van der Waals surface area contributed by atoms with Gasteiger partial charge in [0.25, 0.3) is 0 Å². The molecule has 1 rings (SSSR count). The lowest BCUT2D eigenvalue weighted by Crippen LogP contribution is -2.32. The molecule has 0 atom stereocenters. The average molecular weight is 304 g/mol. The molecule has 0 aliphatic carbocycles. The molecule has 1 aromatic rings. The van der Waals surface area contributed by atoms with Crippen molar-refractivity contribution in [2.45, 2.75) is 11.3 Å². The van der Waals surface area contributed by atoms with Crippen molar-refractivity contribution < 1.29 is 13.5 Å². The van der Waals surface area contributed by atoms with Gasteiger partial charge < -0.3 is 5.11 Å². The molecule has 0 saturated carbocycles. The van der Waals surface area contributed by atoms with Gasteiger partial charge >= 0.3 is 0 Å². The van der Waals surface area contributed by atoms with Crippen molar-refractivity contribution in [3.05, 3.63) is 24.0 Å². The van der Waals surface area contributed by atoms with E-state index >= 15 is 0 Å². The van der Waals surface area contributed by atoms with E-state index in [0.717, 1.165) is 10.5 Å². The fourth-order valence-corrected chi connectivity index (χ4v) is 2.60. The first-order valence-electron chi connectivity index (χ1n) is 5.85. The van der Waals surface area contributed by atoms with Gasteiger partial charge in [-0.15, -0.1) is 0 Å². The summed E-state index contributed by atoms with van der Waals surface area (Å²) in [6, 6.07) is 4.72. The van der Waals surface area contributed by atoms with Crippen LogP contribution >= 0.6 is 0 Å². The molecule has 108 valence electrons. The molecule has 7 nitrogen and oxygen atoms in total. The molecule has 0 unspecified atom stereocenters. The van der Waals surface area contributed by atoms with Crippen molar-refractivity contribution in [1.82, 2.24) is 9.29 Å². The summed E-state index contributed by atoms with van der Waals surface area (Å²) in [4.78, 5) is 3.66. The van der Waals surface area contributed by atoms with Gasteiger partial charge in [0, 0.05) is 24.4 Å². The lowest BCUT2D eigenvalue weighted by molar-refractivity contribution is 0.305. The first-order valence-corrected chi connectivity index (χ1v) is 7.29.